The van der Waals surface area contributed by atoms with Crippen LogP contribution in [-0.4, -0.2) is 45.3 Å². The first-order valence-electron chi connectivity index (χ1n) is 8.57. The maximum Gasteiger partial charge on any atom is 0.256 e. The number of rotatable bonds is 3. The first-order chi connectivity index (χ1) is 12.6. The summed E-state index contributed by atoms with van der Waals surface area (Å²) in [6.07, 6.45) is 2.16. The van der Waals surface area contributed by atoms with Crippen molar-refractivity contribution in [3.63, 3.8) is 0 Å². The van der Waals surface area contributed by atoms with Gasteiger partial charge in [-0.15, -0.1) is 0 Å². The standard InChI is InChI=1S/C20H18FN3O2/c21-18-6-5-13(9-17(18)20(26)24-8-7-15(25)12-24)10-19-16-4-2-1-3-14(16)11-22-23-19/h1-6,9,11,15,25H,7-8,10,12H2/t15-/m0/s1. The Morgan fingerprint density at radius 2 is 2.12 bits per heavy atom. The van der Waals surface area contributed by atoms with Crippen molar-refractivity contribution in [2.75, 3.05) is 13.1 Å². The van der Waals surface area contributed by atoms with E-state index in [1.165, 1.54) is 11.0 Å². The van der Waals surface area contributed by atoms with E-state index in [2.05, 4.69) is 10.2 Å². The van der Waals surface area contributed by atoms with Crippen LogP contribution in [-0.2, 0) is 6.42 Å². The number of halogens is 1. The third-order valence-electron chi connectivity index (χ3n) is 4.73. The second kappa shape index (κ2) is 6.80. The summed E-state index contributed by atoms with van der Waals surface area (Å²) in [6, 6.07) is 12.4. The van der Waals surface area contributed by atoms with Crippen LogP contribution >= 0.6 is 0 Å². The second-order valence-corrected chi connectivity index (χ2v) is 6.56. The Morgan fingerprint density at radius 3 is 2.92 bits per heavy atom. The summed E-state index contributed by atoms with van der Waals surface area (Å²) in [4.78, 5) is 14.1. The summed E-state index contributed by atoms with van der Waals surface area (Å²) in [5.74, 6) is -0.936. The Balaban J connectivity index is 1.64. The number of fused-ring (bicyclic) bond motifs is 1. The average molecular weight is 351 g/mol. The van der Waals surface area contributed by atoms with E-state index in [9.17, 15) is 14.3 Å². The summed E-state index contributed by atoms with van der Waals surface area (Å²) in [5.41, 5.74) is 1.61. The normalized spacial score (nSPS) is 17.0. The van der Waals surface area contributed by atoms with Crippen molar-refractivity contribution < 1.29 is 14.3 Å². The summed E-state index contributed by atoms with van der Waals surface area (Å²) < 4.78 is 14.2. The van der Waals surface area contributed by atoms with Crippen LogP contribution in [0.5, 0.6) is 0 Å². The molecular formula is C20H18FN3O2. The third-order valence-corrected chi connectivity index (χ3v) is 4.73. The lowest BCUT2D eigenvalue weighted by atomic mass is 10.0. The highest BCUT2D eigenvalue weighted by atomic mass is 19.1. The van der Waals surface area contributed by atoms with Gasteiger partial charge in [0.15, 0.2) is 0 Å². The summed E-state index contributed by atoms with van der Waals surface area (Å²) in [7, 11) is 0. The fourth-order valence-electron chi connectivity index (χ4n) is 3.35. The van der Waals surface area contributed by atoms with E-state index in [0.29, 0.717) is 19.4 Å². The molecule has 6 heteroatoms. The van der Waals surface area contributed by atoms with Crippen molar-refractivity contribution in [1.82, 2.24) is 15.1 Å². The first-order valence-corrected chi connectivity index (χ1v) is 8.57. The number of aliphatic hydroxyl groups is 1. The van der Waals surface area contributed by atoms with E-state index in [1.807, 2.05) is 24.3 Å². The molecule has 0 saturated carbocycles. The zero-order chi connectivity index (χ0) is 18.1. The molecule has 0 radical (unpaired) electrons. The van der Waals surface area contributed by atoms with E-state index >= 15 is 0 Å². The first kappa shape index (κ1) is 16.6. The van der Waals surface area contributed by atoms with Gasteiger partial charge in [-0.05, 0) is 24.1 Å². The third kappa shape index (κ3) is 3.15. The van der Waals surface area contributed by atoms with Crippen molar-refractivity contribution in [3.8, 4) is 0 Å². The summed E-state index contributed by atoms with van der Waals surface area (Å²) in [5, 5.41) is 19.8. The number of benzene rings is 2. The van der Waals surface area contributed by atoms with Crippen molar-refractivity contribution in [3.05, 3.63) is 71.3 Å². The molecule has 0 bridgehead atoms. The lowest BCUT2D eigenvalue weighted by molar-refractivity contribution is 0.0760. The van der Waals surface area contributed by atoms with E-state index in [0.717, 1.165) is 22.0 Å². The van der Waals surface area contributed by atoms with Crippen LogP contribution in [0.25, 0.3) is 10.8 Å². The molecule has 2 heterocycles. The van der Waals surface area contributed by atoms with Crippen LogP contribution in [0.1, 0.15) is 28.0 Å². The number of nitrogens with zero attached hydrogens (tertiary/aromatic N) is 3. The molecule has 132 valence electrons. The number of aromatic nitrogens is 2. The van der Waals surface area contributed by atoms with Crippen LogP contribution < -0.4 is 0 Å². The number of carbonyl (C=O) groups is 1. The number of amides is 1. The summed E-state index contributed by atoms with van der Waals surface area (Å²) >= 11 is 0. The number of hydrogen-bond donors (Lipinski definition) is 1. The molecule has 1 saturated heterocycles. The zero-order valence-electron chi connectivity index (χ0n) is 14.1. The van der Waals surface area contributed by atoms with Crippen molar-refractivity contribution in [2.24, 2.45) is 0 Å². The van der Waals surface area contributed by atoms with E-state index in [4.69, 9.17) is 0 Å². The van der Waals surface area contributed by atoms with Crippen molar-refractivity contribution >= 4 is 16.7 Å². The molecule has 1 aromatic heterocycles. The Morgan fingerprint density at radius 1 is 1.27 bits per heavy atom. The van der Waals surface area contributed by atoms with Crippen molar-refractivity contribution in [2.45, 2.75) is 18.9 Å². The Labute approximate surface area is 150 Å². The molecular weight excluding hydrogens is 333 g/mol. The molecule has 2 aromatic carbocycles. The number of likely N-dealkylation sites (tertiary alicyclic amines) is 1. The number of hydrogen-bond acceptors (Lipinski definition) is 4. The molecule has 1 fully saturated rings. The molecule has 1 atom stereocenters. The van der Waals surface area contributed by atoms with Gasteiger partial charge in [-0.1, -0.05) is 30.3 Å². The van der Waals surface area contributed by atoms with E-state index in [1.54, 1.807) is 18.3 Å². The van der Waals surface area contributed by atoms with Crippen LogP contribution in [0.2, 0.25) is 0 Å². The molecule has 0 unspecified atom stereocenters. The lowest BCUT2D eigenvalue weighted by Crippen LogP contribution is -2.30. The predicted octanol–water partition coefficient (Wildman–Crippen LogP) is 2.57. The average Bonchev–Trinajstić information content (AvgIpc) is 3.09. The smallest absolute Gasteiger partial charge is 0.256 e. The minimum absolute atomic E-state index is 0.0322. The molecule has 26 heavy (non-hydrogen) atoms. The zero-order valence-corrected chi connectivity index (χ0v) is 14.1. The number of carbonyl (C=O) groups excluding carboxylic acids is 1. The SMILES string of the molecule is O=C(c1cc(Cc2nncc3ccccc23)ccc1F)N1CC[C@H](O)C1. The van der Waals surface area contributed by atoms with Gasteiger partial charge in [0, 0.05) is 30.3 Å². The van der Waals surface area contributed by atoms with Gasteiger partial charge in [0.25, 0.3) is 5.91 Å². The number of β-amino-alcohol motifs (C(OH)–C–C–N with tert-alkyl or cyclic N) is 1. The highest BCUT2D eigenvalue weighted by molar-refractivity contribution is 5.95. The minimum atomic E-state index is -0.552. The predicted molar refractivity (Wildman–Crippen MR) is 95.3 cm³/mol. The molecule has 0 spiro atoms. The minimum Gasteiger partial charge on any atom is -0.391 e. The maximum absolute atomic E-state index is 14.2. The Kier molecular flexibility index (Phi) is 4.34. The molecule has 3 aromatic rings. The largest absolute Gasteiger partial charge is 0.391 e. The van der Waals surface area contributed by atoms with Crippen LogP contribution in [0.15, 0.2) is 48.7 Å². The Hall–Kier alpha value is -2.86. The molecule has 5 nitrogen and oxygen atoms in total. The van der Waals surface area contributed by atoms with Gasteiger partial charge in [0.1, 0.15) is 5.82 Å². The molecule has 1 N–H and O–H groups in total. The van der Waals surface area contributed by atoms with Gasteiger partial charge in [-0.25, -0.2) is 4.39 Å². The van der Waals surface area contributed by atoms with Crippen LogP contribution in [0.3, 0.4) is 0 Å². The highest BCUT2D eigenvalue weighted by Gasteiger charge is 2.27. The molecule has 4 rings (SSSR count). The highest BCUT2D eigenvalue weighted by Crippen LogP contribution is 2.21. The second-order valence-electron chi connectivity index (χ2n) is 6.56. The van der Waals surface area contributed by atoms with Crippen LogP contribution in [0.4, 0.5) is 4.39 Å². The lowest BCUT2D eigenvalue weighted by Gasteiger charge is -2.16. The van der Waals surface area contributed by atoms with E-state index in [-0.39, 0.29) is 18.0 Å². The Bertz CT molecular complexity index is 971. The van der Waals surface area contributed by atoms with Gasteiger partial charge in [-0.2, -0.15) is 10.2 Å². The summed E-state index contributed by atoms with van der Waals surface area (Å²) in [6.45, 7) is 0.690. The van der Waals surface area contributed by atoms with E-state index < -0.39 is 11.9 Å². The monoisotopic (exact) mass is 351 g/mol. The maximum atomic E-state index is 14.2. The van der Waals surface area contributed by atoms with Gasteiger partial charge in [-0.3, -0.25) is 4.79 Å². The topological polar surface area (TPSA) is 66.3 Å². The molecule has 0 aliphatic carbocycles. The fourth-order valence-corrected chi connectivity index (χ4v) is 3.35. The number of aliphatic hydroxyl groups excluding tert-OH is 1. The van der Waals surface area contributed by atoms with Gasteiger partial charge >= 0.3 is 0 Å². The van der Waals surface area contributed by atoms with Crippen LogP contribution in [0, 0.1) is 5.82 Å². The quantitative estimate of drug-likeness (QED) is 0.788. The fraction of sp³-hybridized carbons (Fsp3) is 0.250. The van der Waals surface area contributed by atoms with Crippen molar-refractivity contribution in [1.29, 1.82) is 0 Å². The van der Waals surface area contributed by atoms with Gasteiger partial charge in [0.05, 0.1) is 23.6 Å². The van der Waals surface area contributed by atoms with Gasteiger partial charge < -0.3 is 10.0 Å². The molecule has 1 aliphatic rings. The van der Waals surface area contributed by atoms with Gasteiger partial charge in [0.2, 0.25) is 0 Å². The molecule has 1 aliphatic heterocycles. The molecule has 1 amide bonds.